The van der Waals surface area contributed by atoms with Crippen LogP contribution in [0.2, 0.25) is 5.02 Å². The number of sulfonamides is 1. The minimum Gasteiger partial charge on any atom is -0.380 e. The zero-order chi connectivity index (χ0) is 25.9. The van der Waals surface area contributed by atoms with Crippen LogP contribution in [0, 0.1) is 5.41 Å². The lowest BCUT2D eigenvalue weighted by molar-refractivity contribution is -0.115. The molecule has 1 aliphatic rings. The highest BCUT2D eigenvalue weighted by molar-refractivity contribution is 7.90. The van der Waals surface area contributed by atoms with E-state index in [1.165, 1.54) is 17.3 Å². The lowest BCUT2D eigenvalue weighted by atomic mass is 9.89. The number of nitrogens with zero attached hydrogens (tertiary/aromatic N) is 4. The molecule has 4 rings (SSSR count). The highest BCUT2D eigenvalue weighted by Crippen LogP contribution is 2.33. The van der Waals surface area contributed by atoms with Crippen LogP contribution in [0.25, 0.3) is 11.1 Å². The Morgan fingerprint density at radius 2 is 2.03 bits per heavy atom. The number of nitrogens with one attached hydrogen (secondary N) is 1. The normalized spacial score (nSPS) is 15.0. The fourth-order valence-electron chi connectivity index (χ4n) is 3.81. The van der Waals surface area contributed by atoms with Crippen molar-refractivity contribution in [1.82, 2.24) is 14.7 Å². The molecule has 1 aromatic heterocycles. The van der Waals surface area contributed by atoms with Gasteiger partial charge in [-0.2, -0.15) is 13.5 Å². The van der Waals surface area contributed by atoms with E-state index in [1.807, 2.05) is 6.20 Å². The number of hydrogen-bond acceptors (Lipinski definition) is 5. The minimum absolute atomic E-state index is 0.00396. The molecule has 1 saturated heterocycles. The summed E-state index contributed by atoms with van der Waals surface area (Å²) >= 11 is 6.17. The van der Waals surface area contributed by atoms with Crippen molar-refractivity contribution in [2.24, 2.45) is 9.81 Å². The molecular formula is C25H28ClN5O4S. The summed E-state index contributed by atoms with van der Waals surface area (Å²) in [4.78, 5) is 14.2. The Balaban J connectivity index is 1.64. The van der Waals surface area contributed by atoms with Crippen molar-refractivity contribution in [3.63, 3.8) is 0 Å². The van der Waals surface area contributed by atoms with E-state index in [9.17, 15) is 13.2 Å². The summed E-state index contributed by atoms with van der Waals surface area (Å²) in [6.07, 6.45) is 4.71. The van der Waals surface area contributed by atoms with Crippen molar-refractivity contribution < 1.29 is 17.9 Å². The Morgan fingerprint density at radius 1 is 1.28 bits per heavy atom. The number of halogens is 1. The summed E-state index contributed by atoms with van der Waals surface area (Å²) in [7, 11) is -0.718. The van der Waals surface area contributed by atoms with Crippen LogP contribution in [0.3, 0.4) is 0 Å². The number of carbonyl (C=O) groups excluding carboxylic acids is 1. The quantitative estimate of drug-likeness (QED) is 0.334. The highest BCUT2D eigenvalue weighted by Gasteiger charge is 2.34. The van der Waals surface area contributed by atoms with Crippen molar-refractivity contribution in [1.29, 1.82) is 0 Å². The first-order chi connectivity index (χ1) is 17.0. The van der Waals surface area contributed by atoms with Crippen molar-refractivity contribution >= 4 is 39.6 Å². The van der Waals surface area contributed by atoms with Gasteiger partial charge in [-0.05, 0) is 23.8 Å². The fourth-order valence-corrected chi connectivity index (χ4v) is 5.18. The van der Waals surface area contributed by atoms with Crippen LogP contribution in [0.1, 0.15) is 12.5 Å². The maximum Gasteiger partial charge on any atom is 0.284 e. The van der Waals surface area contributed by atoms with Gasteiger partial charge in [-0.1, -0.05) is 42.8 Å². The van der Waals surface area contributed by atoms with Gasteiger partial charge in [0.2, 0.25) is 5.91 Å². The summed E-state index contributed by atoms with van der Waals surface area (Å²) < 4.78 is 37.3. The van der Waals surface area contributed by atoms with Crippen LogP contribution in [-0.4, -0.2) is 62.7 Å². The molecule has 0 atom stereocenters. The average Bonchev–Trinajstić information content (AvgIpc) is 3.26. The van der Waals surface area contributed by atoms with E-state index in [4.69, 9.17) is 16.3 Å². The van der Waals surface area contributed by atoms with Crippen LogP contribution in [-0.2, 0) is 32.5 Å². The standard InChI is InChI=1S/C25H28ClN5O4S/c1-25(15-35-16-25)14-31-13-19(12-27-31)21-9-8-20(11-23(21)36(33,34)28-17-30(2)3)29-24(32)10-18-6-4-5-7-22(18)26/h4-9,11-13,17H,10,14-16H2,1-3H3,(H,29,32). The SMILES string of the molecule is CN(C)C=NS(=O)(=O)c1cc(NC(=O)Cc2ccccc2Cl)ccc1-c1cnn(CC2(C)COC2)c1. The predicted molar refractivity (Wildman–Crippen MR) is 140 cm³/mol. The van der Waals surface area contributed by atoms with Crippen LogP contribution < -0.4 is 5.32 Å². The molecule has 1 N–H and O–H groups in total. The molecule has 0 unspecified atom stereocenters. The molecule has 1 amide bonds. The molecule has 1 aliphatic heterocycles. The smallest absolute Gasteiger partial charge is 0.284 e. The molecule has 0 saturated carbocycles. The maximum atomic E-state index is 13.2. The third-order valence-electron chi connectivity index (χ3n) is 5.66. The fraction of sp³-hybridized carbons (Fsp3) is 0.320. The van der Waals surface area contributed by atoms with Crippen molar-refractivity contribution in [3.8, 4) is 11.1 Å². The molecule has 0 aliphatic carbocycles. The van der Waals surface area contributed by atoms with E-state index in [0.29, 0.717) is 47.2 Å². The van der Waals surface area contributed by atoms with Gasteiger partial charge in [0.05, 0.1) is 37.3 Å². The van der Waals surface area contributed by atoms with E-state index in [0.717, 1.165) is 0 Å². The maximum absolute atomic E-state index is 13.2. The highest BCUT2D eigenvalue weighted by atomic mass is 35.5. The molecule has 0 radical (unpaired) electrons. The van der Waals surface area contributed by atoms with Gasteiger partial charge in [0.1, 0.15) is 6.34 Å². The topological polar surface area (TPSA) is 106 Å². The lowest BCUT2D eigenvalue weighted by Gasteiger charge is -2.37. The Kier molecular flexibility index (Phi) is 7.49. The zero-order valence-corrected chi connectivity index (χ0v) is 21.9. The van der Waals surface area contributed by atoms with Gasteiger partial charge in [-0.25, -0.2) is 0 Å². The van der Waals surface area contributed by atoms with E-state index >= 15 is 0 Å². The number of anilines is 1. The summed E-state index contributed by atoms with van der Waals surface area (Å²) in [6, 6.07) is 11.8. The van der Waals surface area contributed by atoms with E-state index < -0.39 is 10.0 Å². The van der Waals surface area contributed by atoms with Crippen LogP contribution in [0.5, 0.6) is 0 Å². The summed E-state index contributed by atoms with van der Waals surface area (Å²) in [6.45, 7) is 4.08. The summed E-state index contributed by atoms with van der Waals surface area (Å²) in [5.41, 5.74) is 2.09. The van der Waals surface area contributed by atoms with Gasteiger partial charge >= 0.3 is 0 Å². The Hall–Kier alpha value is -3.21. The first kappa shape index (κ1) is 25.9. The molecule has 2 aromatic carbocycles. The van der Waals surface area contributed by atoms with Gasteiger partial charge < -0.3 is 15.0 Å². The van der Waals surface area contributed by atoms with Crippen molar-refractivity contribution in [2.45, 2.75) is 24.8 Å². The van der Waals surface area contributed by atoms with E-state index in [-0.39, 0.29) is 22.6 Å². The molecule has 0 spiro atoms. The number of rotatable bonds is 9. The number of ether oxygens (including phenoxy) is 1. The largest absolute Gasteiger partial charge is 0.380 e. The van der Waals surface area contributed by atoms with Gasteiger partial charge in [0, 0.05) is 47.5 Å². The first-order valence-electron chi connectivity index (χ1n) is 11.3. The van der Waals surface area contributed by atoms with Crippen LogP contribution >= 0.6 is 11.6 Å². The number of hydrogen-bond donors (Lipinski definition) is 1. The monoisotopic (exact) mass is 529 g/mol. The van der Waals surface area contributed by atoms with Crippen LogP contribution in [0.4, 0.5) is 5.69 Å². The van der Waals surface area contributed by atoms with E-state index in [2.05, 4.69) is 21.7 Å². The molecule has 3 aromatic rings. The third-order valence-corrected chi connectivity index (χ3v) is 7.29. The average molecular weight is 530 g/mol. The number of carbonyl (C=O) groups is 1. The van der Waals surface area contributed by atoms with Gasteiger partial charge in [-0.3, -0.25) is 9.48 Å². The number of aromatic nitrogens is 2. The Morgan fingerprint density at radius 3 is 2.69 bits per heavy atom. The second-order valence-electron chi connectivity index (χ2n) is 9.42. The van der Waals surface area contributed by atoms with Gasteiger partial charge in [0.15, 0.2) is 0 Å². The van der Waals surface area contributed by atoms with Gasteiger partial charge in [-0.15, -0.1) is 4.40 Å². The van der Waals surface area contributed by atoms with Crippen molar-refractivity contribution in [2.75, 3.05) is 32.6 Å². The second-order valence-corrected chi connectivity index (χ2v) is 11.4. The van der Waals surface area contributed by atoms with Crippen LogP contribution in [0.15, 0.2) is 64.2 Å². The molecular weight excluding hydrogens is 502 g/mol. The Labute approximate surface area is 215 Å². The second kappa shape index (κ2) is 10.4. The molecule has 9 nitrogen and oxygen atoms in total. The lowest BCUT2D eigenvalue weighted by Crippen LogP contribution is -2.43. The zero-order valence-electron chi connectivity index (χ0n) is 20.3. The van der Waals surface area contributed by atoms with E-state index in [1.54, 1.807) is 61.4 Å². The van der Waals surface area contributed by atoms with Crippen molar-refractivity contribution in [3.05, 3.63) is 65.4 Å². The molecule has 1 fully saturated rings. The predicted octanol–water partition coefficient (Wildman–Crippen LogP) is 3.70. The molecule has 11 heteroatoms. The molecule has 0 bridgehead atoms. The van der Waals surface area contributed by atoms with Gasteiger partial charge in [0.25, 0.3) is 10.0 Å². The molecule has 190 valence electrons. The summed E-state index contributed by atoms with van der Waals surface area (Å²) in [5, 5.41) is 7.68. The third kappa shape index (κ3) is 6.13. The molecule has 36 heavy (non-hydrogen) atoms. The Bertz CT molecular complexity index is 1400. The molecule has 2 heterocycles. The summed E-state index contributed by atoms with van der Waals surface area (Å²) in [5.74, 6) is -0.320. The number of benzene rings is 2. The minimum atomic E-state index is -4.08. The first-order valence-corrected chi connectivity index (χ1v) is 13.1. The number of amides is 1.